The third-order valence-electron chi connectivity index (χ3n) is 3.37. The molecule has 1 heterocycles. The van der Waals surface area contributed by atoms with Crippen molar-refractivity contribution in [3.63, 3.8) is 0 Å². The SMILES string of the molecule is N[C@@H](CCC(=O)O)C(=O)NCCc1c[nH]c2ccccc12. The van der Waals surface area contributed by atoms with Crippen LogP contribution in [0.5, 0.6) is 0 Å². The molecule has 5 N–H and O–H groups in total. The van der Waals surface area contributed by atoms with E-state index in [0.29, 0.717) is 13.0 Å². The second-order valence-electron chi connectivity index (χ2n) is 4.94. The van der Waals surface area contributed by atoms with Crippen molar-refractivity contribution in [2.75, 3.05) is 6.54 Å². The molecule has 0 radical (unpaired) electrons. The molecule has 6 heteroatoms. The lowest BCUT2D eigenvalue weighted by atomic mass is 10.1. The molecule has 0 spiro atoms. The molecule has 1 aromatic heterocycles. The molecule has 21 heavy (non-hydrogen) atoms. The van der Waals surface area contributed by atoms with Crippen LogP contribution in [0.3, 0.4) is 0 Å². The number of hydrogen-bond donors (Lipinski definition) is 4. The largest absolute Gasteiger partial charge is 0.481 e. The molecule has 0 bridgehead atoms. The van der Waals surface area contributed by atoms with E-state index in [2.05, 4.69) is 10.3 Å². The second-order valence-corrected chi connectivity index (χ2v) is 4.94. The molecule has 0 unspecified atom stereocenters. The molecule has 0 aliphatic heterocycles. The number of aromatic amines is 1. The molecular weight excluding hydrogens is 270 g/mol. The molecule has 1 atom stereocenters. The van der Waals surface area contributed by atoms with E-state index in [1.165, 1.54) is 0 Å². The maximum Gasteiger partial charge on any atom is 0.303 e. The summed E-state index contributed by atoms with van der Waals surface area (Å²) in [6.07, 6.45) is 2.67. The van der Waals surface area contributed by atoms with Crippen LogP contribution in [0.2, 0.25) is 0 Å². The van der Waals surface area contributed by atoms with Gasteiger partial charge in [0.15, 0.2) is 0 Å². The minimum absolute atomic E-state index is 0.100. The number of para-hydroxylation sites is 1. The fourth-order valence-electron chi connectivity index (χ4n) is 2.20. The first-order valence-corrected chi connectivity index (χ1v) is 6.88. The van der Waals surface area contributed by atoms with Gasteiger partial charge in [-0.1, -0.05) is 18.2 Å². The number of aliphatic carboxylic acids is 1. The van der Waals surface area contributed by atoms with Crippen molar-refractivity contribution < 1.29 is 14.7 Å². The van der Waals surface area contributed by atoms with Gasteiger partial charge in [-0.3, -0.25) is 9.59 Å². The molecule has 0 aliphatic carbocycles. The van der Waals surface area contributed by atoms with Crippen molar-refractivity contribution in [3.05, 3.63) is 36.0 Å². The fraction of sp³-hybridized carbons (Fsp3) is 0.333. The van der Waals surface area contributed by atoms with Crippen LogP contribution in [-0.2, 0) is 16.0 Å². The zero-order chi connectivity index (χ0) is 15.2. The van der Waals surface area contributed by atoms with Crippen molar-refractivity contribution in [2.24, 2.45) is 5.73 Å². The minimum Gasteiger partial charge on any atom is -0.481 e. The van der Waals surface area contributed by atoms with Crippen LogP contribution in [0.4, 0.5) is 0 Å². The number of nitrogens with two attached hydrogens (primary N) is 1. The minimum atomic E-state index is -0.947. The molecule has 112 valence electrons. The van der Waals surface area contributed by atoms with Crippen LogP contribution in [0.25, 0.3) is 10.9 Å². The lowest BCUT2D eigenvalue weighted by Gasteiger charge is -2.10. The highest BCUT2D eigenvalue weighted by atomic mass is 16.4. The van der Waals surface area contributed by atoms with E-state index >= 15 is 0 Å². The maximum atomic E-state index is 11.7. The topological polar surface area (TPSA) is 108 Å². The summed E-state index contributed by atoms with van der Waals surface area (Å²) in [5, 5.41) is 12.4. The number of carbonyl (C=O) groups is 2. The summed E-state index contributed by atoms with van der Waals surface area (Å²) in [5.41, 5.74) is 7.83. The van der Waals surface area contributed by atoms with Crippen LogP contribution in [-0.4, -0.2) is 34.6 Å². The number of fused-ring (bicyclic) bond motifs is 1. The summed E-state index contributed by atoms with van der Waals surface area (Å²) < 4.78 is 0. The summed E-state index contributed by atoms with van der Waals surface area (Å²) in [5.74, 6) is -1.26. The average Bonchev–Trinajstić information content (AvgIpc) is 2.88. The van der Waals surface area contributed by atoms with Gasteiger partial charge in [0.2, 0.25) is 5.91 Å². The molecule has 0 aliphatic rings. The first-order valence-electron chi connectivity index (χ1n) is 6.88. The number of benzene rings is 1. The van der Waals surface area contributed by atoms with Crippen LogP contribution in [0.15, 0.2) is 30.5 Å². The Kier molecular flexibility index (Phi) is 4.94. The van der Waals surface area contributed by atoms with Gasteiger partial charge >= 0.3 is 5.97 Å². The standard InChI is InChI=1S/C15H19N3O3/c16-12(5-6-14(19)20)15(21)17-8-7-10-9-18-13-4-2-1-3-11(10)13/h1-4,9,12,18H,5-8,16H2,(H,17,21)(H,19,20)/t12-/m0/s1. The molecule has 1 aromatic carbocycles. The van der Waals surface area contributed by atoms with Gasteiger partial charge in [-0.15, -0.1) is 0 Å². The molecule has 2 aromatic rings. The van der Waals surface area contributed by atoms with Crippen LogP contribution < -0.4 is 11.1 Å². The zero-order valence-corrected chi connectivity index (χ0v) is 11.6. The number of carbonyl (C=O) groups excluding carboxylic acids is 1. The van der Waals surface area contributed by atoms with Crippen LogP contribution >= 0.6 is 0 Å². The van der Waals surface area contributed by atoms with Crippen molar-refractivity contribution in [3.8, 4) is 0 Å². The number of amides is 1. The Balaban J connectivity index is 1.81. The summed E-state index contributed by atoms with van der Waals surface area (Å²) >= 11 is 0. The van der Waals surface area contributed by atoms with Gasteiger partial charge in [0.1, 0.15) is 0 Å². The first-order chi connectivity index (χ1) is 10.1. The van der Waals surface area contributed by atoms with E-state index in [-0.39, 0.29) is 18.7 Å². The number of aromatic nitrogens is 1. The van der Waals surface area contributed by atoms with E-state index in [4.69, 9.17) is 10.8 Å². The van der Waals surface area contributed by atoms with Crippen molar-refractivity contribution >= 4 is 22.8 Å². The van der Waals surface area contributed by atoms with E-state index in [1.54, 1.807) is 0 Å². The zero-order valence-electron chi connectivity index (χ0n) is 11.6. The van der Waals surface area contributed by atoms with Gasteiger partial charge in [-0.05, 0) is 24.5 Å². The Labute approximate surface area is 122 Å². The molecule has 6 nitrogen and oxygen atoms in total. The van der Waals surface area contributed by atoms with E-state index in [1.807, 2.05) is 30.5 Å². The van der Waals surface area contributed by atoms with Gasteiger partial charge < -0.3 is 21.1 Å². The predicted molar refractivity (Wildman–Crippen MR) is 79.9 cm³/mol. The van der Waals surface area contributed by atoms with Crippen molar-refractivity contribution in [1.82, 2.24) is 10.3 Å². The predicted octanol–water partition coefficient (Wildman–Crippen LogP) is 1.02. The molecule has 0 fully saturated rings. The molecule has 0 saturated heterocycles. The van der Waals surface area contributed by atoms with Crippen molar-refractivity contribution in [1.29, 1.82) is 0 Å². The molecule has 0 saturated carbocycles. The Hall–Kier alpha value is -2.34. The van der Waals surface area contributed by atoms with Crippen LogP contribution in [0, 0.1) is 0 Å². The third kappa shape index (κ3) is 4.06. The van der Waals surface area contributed by atoms with E-state index in [0.717, 1.165) is 16.5 Å². The normalized spacial score (nSPS) is 12.2. The molecule has 1 amide bonds. The highest BCUT2D eigenvalue weighted by Crippen LogP contribution is 2.17. The number of carboxylic acid groups (broad SMARTS) is 1. The van der Waals surface area contributed by atoms with Crippen LogP contribution in [0.1, 0.15) is 18.4 Å². The summed E-state index contributed by atoms with van der Waals surface area (Å²) in [6, 6.07) is 7.19. The van der Waals surface area contributed by atoms with Gasteiger partial charge in [0.05, 0.1) is 6.04 Å². The van der Waals surface area contributed by atoms with Gasteiger partial charge in [0, 0.05) is 30.1 Å². The number of hydrogen-bond acceptors (Lipinski definition) is 3. The smallest absolute Gasteiger partial charge is 0.303 e. The first kappa shape index (κ1) is 15.1. The van der Waals surface area contributed by atoms with Crippen molar-refractivity contribution in [2.45, 2.75) is 25.3 Å². The lowest BCUT2D eigenvalue weighted by Crippen LogP contribution is -2.41. The van der Waals surface area contributed by atoms with Gasteiger partial charge in [0.25, 0.3) is 0 Å². The number of nitrogens with one attached hydrogen (secondary N) is 2. The van der Waals surface area contributed by atoms with E-state index < -0.39 is 12.0 Å². The Morgan fingerprint density at radius 3 is 2.86 bits per heavy atom. The summed E-state index contributed by atoms with van der Waals surface area (Å²) in [4.78, 5) is 25.3. The van der Waals surface area contributed by atoms with Gasteiger partial charge in [-0.25, -0.2) is 0 Å². The Bertz CT molecular complexity index is 636. The Morgan fingerprint density at radius 2 is 2.10 bits per heavy atom. The lowest BCUT2D eigenvalue weighted by molar-refractivity contribution is -0.137. The van der Waals surface area contributed by atoms with E-state index in [9.17, 15) is 9.59 Å². The molecular formula is C15H19N3O3. The number of rotatable bonds is 7. The summed E-state index contributed by atoms with van der Waals surface area (Å²) in [7, 11) is 0. The Morgan fingerprint density at radius 1 is 1.33 bits per heavy atom. The quantitative estimate of drug-likeness (QED) is 0.610. The third-order valence-corrected chi connectivity index (χ3v) is 3.37. The maximum absolute atomic E-state index is 11.7. The number of H-pyrrole nitrogens is 1. The monoisotopic (exact) mass is 289 g/mol. The highest BCUT2D eigenvalue weighted by molar-refractivity contribution is 5.84. The second kappa shape index (κ2) is 6.90. The highest BCUT2D eigenvalue weighted by Gasteiger charge is 2.14. The number of carboxylic acids is 1. The fourth-order valence-corrected chi connectivity index (χ4v) is 2.20. The van der Waals surface area contributed by atoms with Gasteiger partial charge in [-0.2, -0.15) is 0 Å². The summed E-state index contributed by atoms with van der Waals surface area (Å²) in [6.45, 7) is 0.474. The molecule has 2 rings (SSSR count). The average molecular weight is 289 g/mol.